The van der Waals surface area contributed by atoms with Crippen molar-refractivity contribution in [3.63, 3.8) is 0 Å². The zero-order valence-corrected chi connectivity index (χ0v) is 18.4. The minimum absolute atomic E-state index is 0.00836. The van der Waals surface area contributed by atoms with E-state index >= 15 is 0 Å². The lowest BCUT2D eigenvalue weighted by molar-refractivity contribution is 0.0992. The fraction of sp³-hybridized carbons (Fsp3) is 0.231. The average Bonchev–Trinajstić information content (AvgIpc) is 2.78. The van der Waals surface area contributed by atoms with Crippen LogP contribution in [0.4, 0.5) is 11.4 Å². The number of nitrogens with two attached hydrogens (primary N) is 1. The molecule has 4 N–H and O–H groups in total. The summed E-state index contributed by atoms with van der Waals surface area (Å²) in [6.07, 6.45) is 1.92. The molecule has 0 heterocycles. The molecule has 31 heavy (non-hydrogen) atoms. The van der Waals surface area contributed by atoms with Gasteiger partial charge in [0.25, 0.3) is 5.91 Å². The monoisotopic (exact) mass is 414 g/mol. The molecule has 3 aromatic carbocycles. The molecule has 0 aliphatic carbocycles. The van der Waals surface area contributed by atoms with E-state index in [9.17, 15) is 4.79 Å². The minimum Gasteiger partial charge on any atom is -0.385 e. The lowest BCUT2D eigenvalue weighted by Crippen LogP contribution is -2.27. The summed E-state index contributed by atoms with van der Waals surface area (Å²) < 4.78 is 0. The van der Waals surface area contributed by atoms with Gasteiger partial charge in [-0.1, -0.05) is 24.3 Å². The normalized spacial score (nSPS) is 10.5. The van der Waals surface area contributed by atoms with Gasteiger partial charge in [-0.05, 0) is 85.8 Å². The third-order valence-electron chi connectivity index (χ3n) is 5.51. The number of para-hydroxylation sites is 1. The van der Waals surface area contributed by atoms with Gasteiger partial charge in [-0.2, -0.15) is 0 Å². The van der Waals surface area contributed by atoms with Crippen LogP contribution in [0.3, 0.4) is 0 Å². The lowest BCUT2D eigenvalue weighted by atomic mass is 9.96. The number of nitrogen functional groups attached to an aromatic ring is 1. The van der Waals surface area contributed by atoms with E-state index in [4.69, 9.17) is 11.1 Å². The standard InChI is InChI=1S/C26H30N4O/c1-18-17-24(26(31)30(3)23-9-5-4-6-10-23)19(2)16-21(18)8-7-15-29-22-13-11-20(12-14-22)25(27)28/h4-6,9-14,16-17,29H,7-8,15H2,1-3H3,(H3,27,28). The van der Waals surface area contributed by atoms with Crippen LogP contribution in [0.2, 0.25) is 0 Å². The van der Waals surface area contributed by atoms with Crippen LogP contribution >= 0.6 is 0 Å². The van der Waals surface area contributed by atoms with E-state index in [0.29, 0.717) is 0 Å². The highest BCUT2D eigenvalue weighted by Gasteiger charge is 2.17. The molecule has 0 aliphatic heterocycles. The molecule has 160 valence electrons. The number of nitrogens with zero attached hydrogens (tertiary/aromatic N) is 1. The summed E-state index contributed by atoms with van der Waals surface area (Å²) >= 11 is 0. The van der Waals surface area contributed by atoms with Crippen molar-refractivity contribution in [1.82, 2.24) is 0 Å². The second-order valence-corrected chi connectivity index (χ2v) is 7.81. The molecular weight excluding hydrogens is 384 g/mol. The molecule has 0 saturated carbocycles. The first-order valence-corrected chi connectivity index (χ1v) is 10.5. The van der Waals surface area contributed by atoms with Crippen molar-refractivity contribution < 1.29 is 4.79 Å². The average molecular weight is 415 g/mol. The third-order valence-corrected chi connectivity index (χ3v) is 5.51. The number of anilines is 2. The van der Waals surface area contributed by atoms with Crippen LogP contribution < -0.4 is 16.0 Å². The Labute approximate surface area is 184 Å². The first-order chi connectivity index (χ1) is 14.9. The first kappa shape index (κ1) is 22.1. The number of rotatable bonds is 8. The Morgan fingerprint density at radius 1 is 1.00 bits per heavy atom. The van der Waals surface area contributed by atoms with Gasteiger partial charge in [0.1, 0.15) is 5.84 Å². The van der Waals surface area contributed by atoms with Crippen molar-refractivity contribution in [3.05, 3.63) is 94.5 Å². The summed E-state index contributed by atoms with van der Waals surface area (Å²) in [7, 11) is 1.81. The smallest absolute Gasteiger partial charge is 0.258 e. The predicted octanol–water partition coefficient (Wildman–Crippen LogP) is 4.91. The summed E-state index contributed by atoms with van der Waals surface area (Å²) in [5, 5.41) is 10.9. The molecule has 0 aliphatic rings. The minimum atomic E-state index is 0.00836. The van der Waals surface area contributed by atoms with Crippen LogP contribution in [-0.4, -0.2) is 25.3 Å². The highest BCUT2D eigenvalue weighted by atomic mass is 16.2. The maximum atomic E-state index is 13.0. The van der Waals surface area contributed by atoms with Gasteiger partial charge in [0.05, 0.1) is 0 Å². The van der Waals surface area contributed by atoms with Crippen LogP contribution in [0.1, 0.15) is 39.0 Å². The molecule has 0 bridgehead atoms. The second-order valence-electron chi connectivity index (χ2n) is 7.81. The topological polar surface area (TPSA) is 82.2 Å². The molecule has 0 fully saturated rings. The highest BCUT2D eigenvalue weighted by Crippen LogP contribution is 2.22. The summed E-state index contributed by atoms with van der Waals surface area (Å²) in [5.41, 5.74) is 12.3. The molecule has 1 amide bonds. The van der Waals surface area contributed by atoms with Gasteiger partial charge >= 0.3 is 0 Å². The Bertz CT molecular complexity index is 1060. The second kappa shape index (κ2) is 9.94. The van der Waals surface area contributed by atoms with Gasteiger partial charge in [-0.25, -0.2) is 0 Å². The Morgan fingerprint density at radius 3 is 2.32 bits per heavy atom. The molecule has 0 spiro atoms. The van der Waals surface area contributed by atoms with E-state index in [0.717, 1.165) is 53.0 Å². The Balaban J connectivity index is 1.60. The quantitative estimate of drug-likeness (QED) is 0.278. The zero-order chi connectivity index (χ0) is 22.4. The maximum absolute atomic E-state index is 13.0. The molecule has 0 atom stereocenters. The highest BCUT2D eigenvalue weighted by molar-refractivity contribution is 6.06. The number of hydrogen-bond donors (Lipinski definition) is 3. The number of hydrogen-bond acceptors (Lipinski definition) is 3. The van der Waals surface area contributed by atoms with Crippen LogP contribution in [0, 0.1) is 19.3 Å². The number of nitrogens with one attached hydrogen (secondary N) is 2. The van der Waals surface area contributed by atoms with E-state index in [1.165, 1.54) is 5.56 Å². The summed E-state index contributed by atoms with van der Waals surface area (Å²) in [6.45, 7) is 4.92. The van der Waals surface area contributed by atoms with Crippen LogP contribution in [-0.2, 0) is 6.42 Å². The number of amidine groups is 1. The van der Waals surface area contributed by atoms with E-state index < -0.39 is 0 Å². The molecule has 3 aromatic rings. The number of benzene rings is 3. The fourth-order valence-electron chi connectivity index (χ4n) is 3.60. The van der Waals surface area contributed by atoms with E-state index in [1.807, 2.05) is 74.6 Å². The Kier molecular flexibility index (Phi) is 7.08. The SMILES string of the molecule is Cc1cc(C(=O)N(C)c2ccccc2)c(C)cc1CCCNc1ccc(C(=N)N)cc1. The number of carbonyl (C=O) groups excluding carboxylic acids is 1. The Morgan fingerprint density at radius 2 is 1.68 bits per heavy atom. The molecular formula is C26H30N4O. The van der Waals surface area contributed by atoms with Crippen molar-refractivity contribution in [2.24, 2.45) is 5.73 Å². The molecule has 0 aromatic heterocycles. The largest absolute Gasteiger partial charge is 0.385 e. The van der Waals surface area contributed by atoms with Crippen LogP contribution in [0.25, 0.3) is 0 Å². The van der Waals surface area contributed by atoms with Crippen molar-refractivity contribution in [1.29, 1.82) is 5.41 Å². The molecule has 5 nitrogen and oxygen atoms in total. The molecule has 0 unspecified atom stereocenters. The van der Waals surface area contributed by atoms with Crippen molar-refractivity contribution in [3.8, 4) is 0 Å². The van der Waals surface area contributed by atoms with Gasteiger partial charge in [0, 0.05) is 36.1 Å². The summed E-state index contributed by atoms with van der Waals surface area (Å²) in [4.78, 5) is 14.7. The van der Waals surface area contributed by atoms with Gasteiger partial charge in [0.2, 0.25) is 0 Å². The van der Waals surface area contributed by atoms with Crippen LogP contribution in [0.5, 0.6) is 0 Å². The molecule has 0 saturated heterocycles. The van der Waals surface area contributed by atoms with E-state index in [1.54, 1.807) is 4.90 Å². The van der Waals surface area contributed by atoms with E-state index in [-0.39, 0.29) is 11.7 Å². The summed E-state index contributed by atoms with van der Waals surface area (Å²) in [6, 6.07) is 21.4. The maximum Gasteiger partial charge on any atom is 0.258 e. The number of carbonyl (C=O) groups is 1. The number of amides is 1. The van der Waals surface area contributed by atoms with Crippen LogP contribution in [0.15, 0.2) is 66.7 Å². The zero-order valence-electron chi connectivity index (χ0n) is 18.4. The molecule has 3 rings (SSSR count). The van der Waals surface area contributed by atoms with Crippen molar-refractivity contribution >= 4 is 23.1 Å². The third kappa shape index (κ3) is 5.51. The van der Waals surface area contributed by atoms with Gasteiger partial charge in [-0.3, -0.25) is 10.2 Å². The predicted molar refractivity (Wildman–Crippen MR) is 129 cm³/mol. The van der Waals surface area contributed by atoms with Crippen molar-refractivity contribution in [2.45, 2.75) is 26.7 Å². The van der Waals surface area contributed by atoms with Gasteiger partial charge < -0.3 is 16.0 Å². The fourth-order valence-corrected chi connectivity index (χ4v) is 3.60. The molecule has 0 radical (unpaired) electrons. The number of aryl methyl sites for hydroxylation is 3. The first-order valence-electron chi connectivity index (χ1n) is 10.5. The Hall–Kier alpha value is -3.60. The van der Waals surface area contributed by atoms with E-state index in [2.05, 4.69) is 18.3 Å². The van der Waals surface area contributed by atoms with Gasteiger partial charge in [-0.15, -0.1) is 0 Å². The lowest BCUT2D eigenvalue weighted by Gasteiger charge is -2.20. The molecule has 5 heteroatoms. The van der Waals surface area contributed by atoms with Crippen molar-refractivity contribution in [2.75, 3.05) is 23.8 Å². The van der Waals surface area contributed by atoms with Gasteiger partial charge in [0.15, 0.2) is 0 Å². The summed E-state index contributed by atoms with van der Waals surface area (Å²) in [5.74, 6) is 0.0864.